The minimum atomic E-state index is -1.54. The maximum absolute atomic E-state index is 14.4. The quantitative estimate of drug-likeness (QED) is 0.322. The largest absolute Gasteiger partial charge is 0.498 e. The zero-order chi connectivity index (χ0) is 23.6. The van der Waals surface area contributed by atoms with Crippen LogP contribution in [-0.2, 0) is 15.0 Å². The SMILES string of the molecule is O=C1c2ccccc2[C@@]23OB(c4ccccc4)O[C@@]12N(c1ccccc1)C(=S)N3c1ccccc1. The number of Topliss-reactive ketones (excluding diaryl/α,β-unsaturated/α-hetero) is 1. The minimum Gasteiger partial charge on any atom is -0.376 e. The van der Waals surface area contributed by atoms with Crippen molar-refractivity contribution in [3.05, 3.63) is 126 Å². The summed E-state index contributed by atoms with van der Waals surface area (Å²) in [6.45, 7) is 0. The number of nitrogens with zero attached hydrogens (tertiary/aromatic N) is 2. The number of carbonyl (C=O) groups excluding carboxylic acids is 1. The number of hydrogen-bond donors (Lipinski definition) is 0. The highest BCUT2D eigenvalue weighted by atomic mass is 32.1. The lowest BCUT2D eigenvalue weighted by Gasteiger charge is -2.38. The van der Waals surface area contributed by atoms with Crippen molar-refractivity contribution < 1.29 is 14.1 Å². The van der Waals surface area contributed by atoms with Crippen LogP contribution in [0.3, 0.4) is 0 Å². The summed E-state index contributed by atoms with van der Waals surface area (Å²) in [7, 11) is -0.769. The van der Waals surface area contributed by atoms with E-state index in [-0.39, 0.29) is 5.78 Å². The Morgan fingerprint density at radius 2 is 1.11 bits per heavy atom. The van der Waals surface area contributed by atoms with Gasteiger partial charge in [-0.05, 0) is 41.9 Å². The Balaban J connectivity index is 1.56. The average Bonchev–Trinajstić information content (AvgIpc) is 3.44. The molecule has 7 rings (SSSR count). The van der Waals surface area contributed by atoms with E-state index in [9.17, 15) is 4.79 Å². The third-order valence-electron chi connectivity index (χ3n) is 6.97. The number of para-hydroxylation sites is 2. The van der Waals surface area contributed by atoms with E-state index in [1.807, 2.05) is 125 Å². The van der Waals surface area contributed by atoms with Crippen LogP contribution >= 0.6 is 12.2 Å². The Kier molecular flexibility index (Phi) is 4.33. The summed E-state index contributed by atoms with van der Waals surface area (Å²) in [5.74, 6) is -0.170. The molecular weight excluding hydrogens is 455 g/mol. The number of hydrogen-bond acceptors (Lipinski definition) is 4. The lowest BCUT2D eigenvalue weighted by molar-refractivity contribution is 0.00164. The van der Waals surface area contributed by atoms with Crippen molar-refractivity contribution in [2.45, 2.75) is 11.4 Å². The number of benzene rings is 4. The first-order chi connectivity index (χ1) is 17.2. The smallest absolute Gasteiger partial charge is 0.376 e. The number of anilines is 2. The first-order valence-corrected chi connectivity index (χ1v) is 11.9. The molecule has 2 atom stereocenters. The van der Waals surface area contributed by atoms with Crippen LogP contribution in [0.5, 0.6) is 0 Å². The van der Waals surface area contributed by atoms with E-state index in [1.54, 1.807) is 0 Å². The van der Waals surface area contributed by atoms with Crippen LogP contribution in [0.4, 0.5) is 11.4 Å². The third kappa shape index (κ3) is 2.50. The molecule has 4 aromatic rings. The van der Waals surface area contributed by atoms with E-state index in [0.717, 1.165) is 22.4 Å². The molecule has 0 N–H and O–H groups in total. The fraction of sp³-hybridized carbons (Fsp3) is 0.0714. The summed E-state index contributed by atoms with van der Waals surface area (Å²) in [6.07, 6.45) is 0. The monoisotopic (exact) mass is 474 g/mol. The fourth-order valence-corrected chi connectivity index (χ4v) is 6.06. The second kappa shape index (κ2) is 7.36. The van der Waals surface area contributed by atoms with Crippen molar-refractivity contribution in [3.63, 3.8) is 0 Å². The number of ketones is 1. The molecule has 5 nitrogen and oxygen atoms in total. The normalized spacial score (nSPS) is 24.5. The lowest BCUT2D eigenvalue weighted by Crippen LogP contribution is -2.58. The van der Waals surface area contributed by atoms with Crippen LogP contribution < -0.4 is 15.3 Å². The molecule has 35 heavy (non-hydrogen) atoms. The van der Waals surface area contributed by atoms with Gasteiger partial charge in [0.2, 0.25) is 11.5 Å². The van der Waals surface area contributed by atoms with Crippen molar-refractivity contribution in [3.8, 4) is 0 Å². The number of carbonyl (C=O) groups is 1. The first-order valence-electron chi connectivity index (χ1n) is 11.5. The molecule has 3 aliphatic rings. The summed E-state index contributed by atoms with van der Waals surface area (Å²) < 4.78 is 13.7. The molecule has 0 amide bonds. The van der Waals surface area contributed by atoms with Gasteiger partial charge in [0.05, 0.1) is 0 Å². The Morgan fingerprint density at radius 3 is 1.74 bits per heavy atom. The van der Waals surface area contributed by atoms with E-state index in [4.69, 9.17) is 21.5 Å². The highest BCUT2D eigenvalue weighted by Gasteiger charge is 2.82. The molecule has 2 heterocycles. The second-order valence-corrected chi connectivity index (χ2v) is 9.13. The number of fused-ring (bicyclic) bond motifs is 1. The molecule has 2 fully saturated rings. The summed E-state index contributed by atoms with van der Waals surface area (Å²) in [4.78, 5) is 18.2. The molecule has 0 bridgehead atoms. The molecule has 0 saturated carbocycles. The number of rotatable bonds is 3. The summed E-state index contributed by atoms with van der Waals surface area (Å²) in [5.41, 5.74) is 0.887. The molecule has 2 aliphatic heterocycles. The van der Waals surface area contributed by atoms with Gasteiger partial charge in [0.15, 0.2) is 5.11 Å². The van der Waals surface area contributed by atoms with E-state index >= 15 is 0 Å². The maximum Gasteiger partial charge on any atom is 0.498 e. The van der Waals surface area contributed by atoms with Gasteiger partial charge >= 0.3 is 7.12 Å². The molecule has 0 radical (unpaired) electrons. The van der Waals surface area contributed by atoms with Crippen molar-refractivity contribution in [2.24, 2.45) is 0 Å². The molecule has 0 aromatic heterocycles. The molecule has 1 aliphatic carbocycles. The standard InChI is InChI=1S/C28H19BN2O3S/c32-25-23-18-10-11-19-24(23)27-28(25,34-29(33-27)20-12-4-1-5-13-20)31(22-16-8-3-9-17-22)26(35)30(27)21-14-6-2-7-15-21/h1-19H/t27-,28+/m1/s1. The molecular formula is C28H19BN2O3S. The van der Waals surface area contributed by atoms with E-state index < -0.39 is 18.6 Å². The van der Waals surface area contributed by atoms with E-state index in [0.29, 0.717) is 10.7 Å². The van der Waals surface area contributed by atoms with Gasteiger partial charge in [0, 0.05) is 22.5 Å². The van der Waals surface area contributed by atoms with Crippen LogP contribution in [0, 0.1) is 0 Å². The molecule has 168 valence electrons. The summed E-state index contributed by atoms with van der Waals surface area (Å²) in [6, 6.07) is 36.8. The molecule has 4 aromatic carbocycles. The van der Waals surface area contributed by atoms with Gasteiger partial charge in [-0.1, -0.05) is 91.0 Å². The van der Waals surface area contributed by atoms with Crippen molar-refractivity contribution in [2.75, 3.05) is 9.80 Å². The summed E-state index contributed by atoms with van der Waals surface area (Å²) >= 11 is 6.10. The minimum absolute atomic E-state index is 0.170. The predicted molar refractivity (Wildman–Crippen MR) is 140 cm³/mol. The van der Waals surface area contributed by atoms with Gasteiger partial charge in [-0.2, -0.15) is 0 Å². The Bertz CT molecular complexity index is 1470. The first kappa shape index (κ1) is 20.6. The van der Waals surface area contributed by atoms with Crippen molar-refractivity contribution in [1.29, 1.82) is 0 Å². The highest BCUT2D eigenvalue weighted by Crippen LogP contribution is 2.62. The Hall–Kier alpha value is -3.78. The van der Waals surface area contributed by atoms with Crippen LogP contribution in [-0.4, -0.2) is 23.7 Å². The Labute approximate surface area is 208 Å². The Morgan fingerprint density at radius 1 is 0.629 bits per heavy atom. The van der Waals surface area contributed by atoms with Crippen LogP contribution in [0.15, 0.2) is 115 Å². The molecule has 0 spiro atoms. The average molecular weight is 474 g/mol. The van der Waals surface area contributed by atoms with Gasteiger partial charge in [-0.15, -0.1) is 0 Å². The van der Waals surface area contributed by atoms with Crippen LogP contribution in [0.1, 0.15) is 15.9 Å². The molecule has 7 heteroatoms. The van der Waals surface area contributed by atoms with E-state index in [1.165, 1.54) is 0 Å². The van der Waals surface area contributed by atoms with Crippen molar-refractivity contribution >= 4 is 47.1 Å². The predicted octanol–water partition coefficient (Wildman–Crippen LogP) is 4.49. The maximum atomic E-state index is 14.4. The second-order valence-electron chi connectivity index (χ2n) is 8.77. The van der Waals surface area contributed by atoms with Gasteiger partial charge < -0.3 is 9.31 Å². The topological polar surface area (TPSA) is 42.0 Å². The highest BCUT2D eigenvalue weighted by molar-refractivity contribution is 7.80. The number of thiocarbonyl (C=S) groups is 1. The van der Waals surface area contributed by atoms with Gasteiger partial charge in [-0.25, -0.2) is 0 Å². The van der Waals surface area contributed by atoms with Gasteiger partial charge in [0.25, 0.3) is 5.72 Å². The zero-order valence-corrected chi connectivity index (χ0v) is 19.4. The molecule has 2 saturated heterocycles. The third-order valence-corrected chi connectivity index (χ3v) is 7.34. The fourth-order valence-electron chi connectivity index (χ4n) is 5.59. The summed E-state index contributed by atoms with van der Waals surface area (Å²) in [5, 5.41) is 0.441. The molecule has 0 unspecified atom stereocenters. The van der Waals surface area contributed by atoms with E-state index in [2.05, 4.69) is 0 Å². The van der Waals surface area contributed by atoms with Crippen LogP contribution in [0.2, 0.25) is 0 Å². The van der Waals surface area contributed by atoms with Crippen LogP contribution in [0.25, 0.3) is 0 Å². The van der Waals surface area contributed by atoms with Gasteiger partial charge in [0.1, 0.15) is 0 Å². The van der Waals surface area contributed by atoms with Crippen molar-refractivity contribution in [1.82, 2.24) is 0 Å². The zero-order valence-electron chi connectivity index (χ0n) is 18.6. The lowest BCUT2D eigenvalue weighted by atomic mass is 9.79. The van der Waals surface area contributed by atoms with Gasteiger partial charge in [-0.3, -0.25) is 14.6 Å².